The zero-order valence-corrected chi connectivity index (χ0v) is 12.6. The molecule has 0 amide bonds. The SMILES string of the molecule is CC(C)(C)[Si](C)(C)OCCc1ccccc1O. The number of phenols is 1. The van der Waals surface area contributed by atoms with Gasteiger partial charge < -0.3 is 9.53 Å². The van der Waals surface area contributed by atoms with Crippen molar-refractivity contribution >= 4 is 8.32 Å². The Labute approximate surface area is 106 Å². The average Bonchev–Trinajstić information content (AvgIpc) is 2.19. The molecule has 0 aliphatic rings. The van der Waals surface area contributed by atoms with E-state index in [1.54, 1.807) is 6.07 Å². The summed E-state index contributed by atoms with van der Waals surface area (Å²) >= 11 is 0. The number of para-hydroxylation sites is 1. The third kappa shape index (κ3) is 3.86. The number of phenolic OH excluding ortho intramolecular Hbond substituents is 1. The van der Waals surface area contributed by atoms with Crippen LogP contribution in [0.3, 0.4) is 0 Å². The molecule has 0 saturated carbocycles. The summed E-state index contributed by atoms with van der Waals surface area (Å²) in [6.45, 7) is 11.9. The molecule has 0 atom stereocenters. The fraction of sp³-hybridized carbons (Fsp3) is 0.571. The molecule has 1 aromatic rings. The van der Waals surface area contributed by atoms with Gasteiger partial charge >= 0.3 is 0 Å². The smallest absolute Gasteiger partial charge is 0.191 e. The summed E-state index contributed by atoms with van der Waals surface area (Å²) in [6.07, 6.45) is 0.777. The fourth-order valence-electron chi connectivity index (χ4n) is 1.35. The summed E-state index contributed by atoms with van der Waals surface area (Å²) in [5, 5.41) is 9.90. The molecule has 0 fully saturated rings. The lowest BCUT2D eigenvalue weighted by Gasteiger charge is -2.36. The Balaban J connectivity index is 2.52. The highest BCUT2D eigenvalue weighted by atomic mass is 28.4. The van der Waals surface area contributed by atoms with E-state index in [1.807, 2.05) is 18.2 Å². The molecule has 0 bridgehead atoms. The van der Waals surface area contributed by atoms with E-state index in [1.165, 1.54) is 0 Å². The molecule has 96 valence electrons. The average molecular weight is 252 g/mol. The highest BCUT2D eigenvalue weighted by Gasteiger charge is 2.36. The summed E-state index contributed by atoms with van der Waals surface area (Å²) < 4.78 is 6.08. The predicted octanol–water partition coefficient (Wildman–Crippen LogP) is 3.96. The van der Waals surface area contributed by atoms with E-state index < -0.39 is 8.32 Å². The number of rotatable bonds is 4. The molecule has 0 saturated heterocycles. The summed E-state index contributed by atoms with van der Waals surface area (Å²) in [6, 6.07) is 7.46. The van der Waals surface area contributed by atoms with Crippen molar-refractivity contribution in [3.8, 4) is 5.75 Å². The van der Waals surface area contributed by atoms with Crippen LogP contribution < -0.4 is 0 Å². The van der Waals surface area contributed by atoms with Crippen LogP contribution in [-0.4, -0.2) is 20.0 Å². The van der Waals surface area contributed by atoms with E-state index in [2.05, 4.69) is 33.9 Å². The standard InChI is InChI=1S/C14H24O2Si/c1-14(2,3)17(4,5)16-11-10-12-8-6-7-9-13(12)15/h6-9,15H,10-11H2,1-5H3. The van der Waals surface area contributed by atoms with Crippen LogP contribution in [0.1, 0.15) is 26.3 Å². The van der Waals surface area contributed by atoms with Crippen molar-refractivity contribution in [2.45, 2.75) is 45.3 Å². The zero-order chi connectivity index (χ0) is 13.1. The molecule has 0 aliphatic carbocycles. The monoisotopic (exact) mass is 252 g/mol. The molecule has 3 heteroatoms. The maximum absolute atomic E-state index is 9.66. The lowest BCUT2D eigenvalue weighted by atomic mass is 10.1. The van der Waals surface area contributed by atoms with E-state index in [0.29, 0.717) is 12.4 Å². The van der Waals surface area contributed by atoms with Gasteiger partial charge in [-0.3, -0.25) is 0 Å². The first-order chi connectivity index (χ1) is 7.74. The van der Waals surface area contributed by atoms with Crippen LogP contribution in [0.15, 0.2) is 24.3 Å². The zero-order valence-electron chi connectivity index (χ0n) is 11.6. The maximum Gasteiger partial charge on any atom is 0.191 e. The van der Waals surface area contributed by atoms with Gasteiger partial charge in [0.2, 0.25) is 0 Å². The van der Waals surface area contributed by atoms with Crippen LogP contribution in [0.2, 0.25) is 18.1 Å². The van der Waals surface area contributed by atoms with Crippen LogP contribution >= 0.6 is 0 Å². The van der Waals surface area contributed by atoms with Crippen LogP contribution in [0.4, 0.5) is 0 Å². The van der Waals surface area contributed by atoms with Gasteiger partial charge in [0, 0.05) is 6.61 Å². The molecule has 0 spiro atoms. The van der Waals surface area contributed by atoms with E-state index in [9.17, 15) is 5.11 Å². The first-order valence-corrected chi connectivity index (χ1v) is 9.06. The van der Waals surface area contributed by atoms with Gasteiger partial charge in [0.25, 0.3) is 0 Å². The highest BCUT2D eigenvalue weighted by molar-refractivity contribution is 6.74. The molecule has 0 unspecified atom stereocenters. The Hall–Kier alpha value is -0.803. The van der Waals surface area contributed by atoms with Crippen molar-refractivity contribution in [2.24, 2.45) is 0 Å². The minimum atomic E-state index is -1.66. The summed E-state index contributed by atoms with van der Waals surface area (Å²) in [7, 11) is -1.66. The third-order valence-electron chi connectivity index (χ3n) is 3.63. The van der Waals surface area contributed by atoms with Crippen LogP contribution in [0, 0.1) is 0 Å². The molecule has 1 rings (SSSR count). The molecule has 2 nitrogen and oxygen atoms in total. The van der Waals surface area contributed by atoms with Crippen LogP contribution in [-0.2, 0) is 10.8 Å². The number of aromatic hydroxyl groups is 1. The van der Waals surface area contributed by atoms with E-state index in [-0.39, 0.29) is 5.04 Å². The summed E-state index contributed by atoms with van der Waals surface area (Å²) in [5.74, 6) is 0.367. The summed E-state index contributed by atoms with van der Waals surface area (Å²) in [5.41, 5.74) is 0.964. The van der Waals surface area contributed by atoms with Crippen molar-refractivity contribution < 1.29 is 9.53 Å². The first kappa shape index (κ1) is 14.3. The largest absolute Gasteiger partial charge is 0.508 e. The minimum absolute atomic E-state index is 0.242. The Morgan fingerprint density at radius 3 is 2.29 bits per heavy atom. The second-order valence-electron chi connectivity index (χ2n) is 5.99. The first-order valence-electron chi connectivity index (χ1n) is 6.15. The molecule has 0 aromatic heterocycles. The van der Waals surface area contributed by atoms with E-state index in [4.69, 9.17) is 4.43 Å². The van der Waals surface area contributed by atoms with Crippen LogP contribution in [0.5, 0.6) is 5.75 Å². The second kappa shape index (κ2) is 5.23. The van der Waals surface area contributed by atoms with Crippen molar-refractivity contribution in [1.29, 1.82) is 0 Å². The van der Waals surface area contributed by atoms with E-state index >= 15 is 0 Å². The fourth-order valence-corrected chi connectivity index (χ4v) is 2.40. The molecule has 1 N–H and O–H groups in total. The molecule has 0 radical (unpaired) electrons. The molecular weight excluding hydrogens is 228 g/mol. The molecular formula is C14H24O2Si. The predicted molar refractivity (Wildman–Crippen MR) is 75.0 cm³/mol. The Morgan fingerprint density at radius 1 is 1.18 bits per heavy atom. The van der Waals surface area contributed by atoms with Crippen molar-refractivity contribution in [2.75, 3.05) is 6.61 Å². The van der Waals surface area contributed by atoms with Gasteiger partial charge in [0.05, 0.1) is 0 Å². The second-order valence-corrected chi connectivity index (χ2v) is 10.8. The van der Waals surface area contributed by atoms with Crippen LogP contribution in [0.25, 0.3) is 0 Å². The topological polar surface area (TPSA) is 29.5 Å². The lowest BCUT2D eigenvalue weighted by molar-refractivity contribution is 0.290. The Bertz CT molecular complexity index is 367. The van der Waals surface area contributed by atoms with Gasteiger partial charge in [-0.1, -0.05) is 39.0 Å². The normalized spacial score (nSPS) is 12.8. The molecule has 1 aromatic carbocycles. The quantitative estimate of drug-likeness (QED) is 0.822. The van der Waals surface area contributed by atoms with E-state index in [0.717, 1.165) is 12.0 Å². The van der Waals surface area contributed by atoms with Crippen molar-refractivity contribution in [1.82, 2.24) is 0 Å². The van der Waals surface area contributed by atoms with Gasteiger partial charge in [-0.25, -0.2) is 0 Å². The third-order valence-corrected chi connectivity index (χ3v) is 8.17. The van der Waals surface area contributed by atoms with Crippen molar-refractivity contribution in [3.63, 3.8) is 0 Å². The molecule has 0 heterocycles. The van der Waals surface area contributed by atoms with Gasteiger partial charge in [-0.05, 0) is 36.2 Å². The highest BCUT2D eigenvalue weighted by Crippen LogP contribution is 2.36. The maximum atomic E-state index is 9.66. The lowest BCUT2D eigenvalue weighted by Crippen LogP contribution is -2.41. The number of hydrogen-bond donors (Lipinski definition) is 1. The summed E-state index contributed by atoms with van der Waals surface area (Å²) in [4.78, 5) is 0. The van der Waals surface area contributed by atoms with Gasteiger partial charge in [0.15, 0.2) is 8.32 Å². The molecule has 0 aliphatic heterocycles. The van der Waals surface area contributed by atoms with Gasteiger partial charge in [-0.15, -0.1) is 0 Å². The number of hydrogen-bond acceptors (Lipinski definition) is 2. The van der Waals surface area contributed by atoms with Crippen molar-refractivity contribution in [3.05, 3.63) is 29.8 Å². The Morgan fingerprint density at radius 2 is 1.76 bits per heavy atom. The molecule has 17 heavy (non-hydrogen) atoms. The van der Waals surface area contributed by atoms with Gasteiger partial charge in [0.1, 0.15) is 5.75 Å². The number of benzene rings is 1. The minimum Gasteiger partial charge on any atom is -0.508 e. The Kier molecular flexibility index (Phi) is 4.39. The van der Waals surface area contributed by atoms with Gasteiger partial charge in [-0.2, -0.15) is 0 Å².